The molecule has 2 aromatic carbocycles. The number of carbonyl (C=O) groups is 2. The van der Waals surface area contributed by atoms with E-state index in [4.69, 9.17) is 4.74 Å². The maximum Gasteiger partial charge on any atom is 0.328 e. The minimum Gasteiger partial charge on any atom is -0.451 e. The molecule has 8 nitrogen and oxygen atoms in total. The van der Waals surface area contributed by atoms with Crippen molar-refractivity contribution in [3.05, 3.63) is 60.9 Å². The lowest BCUT2D eigenvalue weighted by Gasteiger charge is -2.15. The molecule has 3 rings (SSSR count). The fourth-order valence-electron chi connectivity index (χ4n) is 2.37. The quantitative estimate of drug-likeness (QED) is 0.681. The van der Waals surface area contributed by atoms with Crippen molar-refractivity contribution >= 4 is 17.6 Å². The fourth-order valence-corrected chi connectivity index (χ4v) is 2.37. The average molecular weight is 351 g/mol. The van der Waals surface area contributed by atoms with Gasteiger partial charge in [0.25, 0.3) is 5.91 Å². The molecule has 1 amide bonds. The Morgan fingerprint density at radius 1 is 1.12 bits per heavy atom. The summed E-state index contributed by atoms with van der Waals surface area (Å²) in [6.45, 7) is 1.35. The smallest absolute Gasteiger partial charge is 0.328 e. The fraction of sp³-hybridized carbons (Fsp3) is 0.167. The third-order valence-electron chi connectivity index (χ3n) is 3.63. The summed E-state index contributed by atoms with van der Waals surface area (Å²) in [4.78, 5) is 24.2. The second kappa shape index (κ2) is 8.02. The highest BCUT2D eigenvalue weighted by atomic mass is 16.5. The van der Waals surface area contributed by atoms with Gasteiger partial charge in [0, 0.05) is 11.3 Å². The zero-order valence-corrected chi connectivity index (χ0v) is 14.1. The van der Waals surface area contributed by atoms with Crippen LogP contribution in [0.4, 0.5) is 5.69 Å². The van der Waals surface area contributed by atoms with Crippen LogP contribution in [0.2, 0.25) is 0 Å². The van der Waals surface area contributed by atoms with Gasteiger partial charge in [0.1, 0.15) is 12.9 Å². The van der Waals surface area contributed by atoms with Crippen molar-refractivity contribution in [1.29, 1.82) is 0 Å². The van der Waals surface area contributed by atoms with E-state index in [1.165, 1.54) is 17.9 Å². The van der Waals surface area contributed by atoms with Crippen molar-refractivity contribution < 1.29 is 14.3 Å². The number of ether oxygens (including phenoxy) is 1. The van der Waals surface area contributed by atoms with Crippen LogP contribution in [0.15, 0.2) is 60.9 Å². The Labute approximate surface area is 149 Å². The zero-order chi connectivity index (χ0) is 18.4. The van der Waals surface area contributed by atoms with Crippen molar-refractivity contribution in [3.63, 3.8) is 0 Å². The van der Waals surface area contributed by atoms with E-state index in [9.17, 15) is 9.59 Å². The minimum absolute atomic E-state index is 0.161. The first-order chi connectivity index (χ1) is 12.6. The SMILES string of the molecule is C[C@@H](OC(=O)Cn1cnnn1)C(=O)Nc1ccccc1-c1ccccc1. The Balaban J connectivity index is 1.65. The average Bonchev–Trinajstić information content (AvgIpc) is 3.15. The molecule has 0 unspecified atom stereocenters. The molecule has 1 heterocycles. The zero-order valence-electron chi connectivity index (χ0n) is 14.1. The first-order valence-electron chi connectivity index (χ1n) is 7.99. The highest BCUT2D eigenvalue weighted by Crippen LogP contribution is 2.27. The van der Waals surface area contributed by atoms with Crippen LogP contribution >= 0.6 is 0 Å². The van der Waals surface area contributed by atoms with Crippen molar-refractivity contribution in [2.45, 2.75) is 19.6 Å². The molecule has 0 fully saturated rings. The van der Waals surface area contributed by atoms with E-state index < -0.39 is 18.0 Å². The van der Waals surface area contributed by atoms with E-state index in [0.29, 0.717) is 5.69 Å². The first-order valence-corrected chi connectivity index (χ1v) is 7.99. The molecular weight excluding hydrogens is 334 g/mol. The molecule has 1 atom stereocenters. The number of benzene rings is 2. The summed E-state index contributed by atoms with van der Waals surface area (Å²) < 4.78 is 6.36. The van der Waals surface area contributed by atoms with Crippen molar-refractivity contribution in [3.8, 4) is 11.1 Å². The van der Waals surface area contributed by atoms with Crippen LogP contribution in [0.5, 0.6) is 0 Å². The summed E-state index contributed by atoms with van der Waals surface area (Å²) in [7, 11) is 0. The van der Waals surface area contributed by atoms with Crippen molar-refractivity contribution in [2.24, 2.45) is 0 Å². The largest absolute Gasteiger partial charge is 0.451 e. The van der Waals surface area contributed by atoms with Gasteiger partial charge in [-0.2, -0.15) is 0 Å². The number of carbonyl (C=O) groups excluding carboxylic acids is 2. The minimum atomic E-state index is -0.956. The molecule has 0 radical (unpaired) electrons. The topological polar surface area (TPSA) is 99.0 Å². The van der Waals surface area contributed by atoms with E-state index in [0.717, 1.165) is 11.1 Å². The molecule has 0 saturated heterocycles. The van der Waals surface area contributed by atoms with Gasteiger partial charge in [-0.15, -0.1) is 5.10 Å². The van der Waals surface area contributed by atoms with Gasteiger partial charge >= 0.3 is 5.97 Å². The standard InChI is InChI=1S/C18H17N5O3/c1-13(26-17(24)11-23-12-19-21-22-23)18(25)20-16-10-6-5-9-15(16)14-7-3-2-4-8-14/h2-10,12-13H,11H2,1H3,(H,20,25)/t13-/m1/s1. The first kappa shape index (κ1) is 17.3. The molecule has 8 heteroatoms. The lowest BCUT2D eigenvalue weighted by atomic mass is 10.0. The number of anilines is 1. The maximum absolute atomic E-state index is 12.4. The summed E-state index contributed by atoms with van der Waals surface area (Å²) in [5.41, 5.74) is 2.51. The molecule has 0 aliphatic rings. The van der Waals surface area contributed by atoms with Gasteiger partial charge < -0.3 is 10.1 Å². The van der Waals surface area contributed by atoms with Gasteiger partial charge in [-0.25, -0.2) is 4.68 Å². The van der Waals surface area contributed by atoms with Gasteiger partial charge in [0.05, 0.1) is 0 Å². The van der Waals surface area contributed by atoms with E-state index in [2.05, 4.69) is 20.8 Å². The van der Waals surface area contributed by atoms with Gasteiger partial charge in [-0.1, -0.05) is 48.5 Å². The lowest BCUT2D eigenvalue weighted by Crippen LogP contribution is -2.31. The summed E-state index contributed by atoms with van der Waals surface area (Å²) in [5.74, 6) is -1.02. The van der Waals surface area contributed by atoms with Crippen LogP contribution in [-0.4, -0.2) is 38.2 Å². The van der Waals surface area contributed by atoms with Crippen LogP contribution in [0.1, 0.15) is 6.92 Å². The number of nitrogens with zero attached hydrogens (tertiary/aromatic N) is 4. The van der Waals surface area contributed by atoms with Gasteiger partial charge in [0.15, 0.2) is 6.10 Å². The van der Waals surface area contributed by atoms with Gasteiger partial charge in [0.2, 0.25) is 0 Å². The van der Waals surface area contributed by atoms with Crippen LogP contribution in [-0.2, 0) is 20.9 Å². The monoisotopic (exact) mass is 351 g/mol. The molecule has 0 aliphatic carbocycles. The maximum atomic E-state index is 12.4. The van der Waals surface area contributed by atoms with Crippen LogP contribution in [0.25, 0.3) is 11.1 Å². The molecule has 26 heavy (non-hydrogen) atoms. The summed E-state index contributed by atoms with van der Waals surface area (Å²) in [6.07, 6.45) is 0.338. The summed E-state index contributed by atoms with van der Waals surface area (Å²) >= 11 is 0. The van der Waals surface area contributed by atoms with Crippen molar-refractivity contribution in [2.75, 3.05) is 5.32 Å². The number of rotatable bonds is 6. The lowest BCUT2D eigenvalue weighted by molar-refractivity contribution is -0.153. The predicted molar refractivity (Wildman–Crippen MR) is 93.9 cm³/mol. The Kier molecular flexibility index (Phi) is 5.33. The number of hydrogen-bond acceptors (Lipinski definition) is 6. The highest BCUT2D eigenvalue weighted by Gasteiger charge is 2.19. The molecule has 0 saturated carbocycles. The molecule has 132 valence electrons. The van der Waals surface area contributed by atoms with Crippen LogP contribution < -0.4 is 5.32 Å². The number of nitrogens with one attached hydrogen (secondary N) is 1. The third kappa shape index (κ3) is 4.29. The molecule has 0 bridgehead atoms. The molecule has 3 aromatic rings. The van der Waals surface area contributed by atoms with E-state index in [1.807, 2.05) is 48.5 Å². The number of tetrazole rings is 1. The number of hydrogen-bond donors (Lipinski definition) is 1. The molecule has 1 aromatic heterocycles. The summed E-state index contributed by atoms with van der Waals surface area (Å²) in [5, 5.41) is 13.2. The van der Waals surface area contributed by atoms with Crippen LogP contribution in [0, 0.1) is 0 Å². The van der Waals surface area contributed by atoms with Gasteiger partial charge in [-0.05, 0) is 29.0 Å². The Bertz CT molecular complexity index is 881. The van der Waals surface area contributed by atoms with Crippen molar-refractivity contribution in [1.82, 2.24) is 20.2 Å². The number of aromatic nitrogens is 4. The van der Waals surface area contributed by atoms with E-state index in [1.54, 1.807) is 6.07 Å². The second-order valence-corrected chi connectivity index (χ2v) is 5.54. The highest BCUT2D eigenvalue weighted by molar-refractivity contribution is 5.98. The Morgan fingerprint density at radius 2 is 1.85 bits per heavy atom. The molecule has 0 aliphatic heterocycles. The number of amides is 1. The van der Waals surface area contributed by atoms with E-state index >= 15 is 0 Å². The Hall–Kier alpha value is -3.55. The second-order valence-electron chi connectivity index (χ2n) is 5.54. The Morgan fingerprint density at radius 3 is 2.58 bits per heavy atom. The van der Waals surface area contributed by atoms with Crippen LogP contribution in [0.3, 0.4) is 0 Å². The van der Waals surface area contributed by atoms with Gasteiger partial charge in [-0.3, -0.25) is 9.59 Å². The third-order valence-corrected chi connectivity index (χ3v) is 3.63. The molecular formula is C18H17N5O3. The molecule has 1 N–H and O–H groups in total. The van der Waals surface area contributed by atoms with E-state index in [-0.39, 0.29) is 6.54 Å². The predicted octanol–water partition coefficient (Wildman–Crippen LogP) is 1.91. The molecule has 0 spiro atoms. The number of para-hydroxylation sites is 1. The normalized spacial score (nSPS) is 11.6. The number of esters is 1. The summed E-state index contributed by atoms with van der Waals surface area (Å²) in [6, 6.07) is 17.1.